The fraction of sp³-hybridized carbons (Fsp3) is 1.00. The molecule has 2 N–H and O–H groups in total. The van der Waals surface area contributed by atoms with Crippen molar-refractivity contribution in [3.63, 3.8) is 0 Å². The average molecular weight is 206 g/mol. The van der Waals surface area contributed by atoms with Gasteiger partial charge in [-0.15, -0.1) is 0 Å². The lowest BCUT2D eigenvalue weighted by atomic mass is 9.84. The van der Waals surface area contributed by atoms with Gasteiger partial charge in [0.2, 0.25) is 0 Å². The lowest BCUT2D eigenvalue weighted by Crippen LogP contribution is -2.42. The Bertz CT molecular complexity index is 317. The summed E-state index contributed by atoms with van der Waals surface area (Å²) < 4.78 is 22.4. The first-order valence-corrected chi connectivity index (χ1v) is 6.29. The highest BCUT2D eigenvalue weighted by molar-refractivity contribution is 7.91. The molecule has 0 aromatic rings. The summed E-state index contributed by atoms with van der Waals surface area (Å²) in [6.45, 7) is -0.0982. The molecule has 0 bridgehead atoms. The van der Waals surface area contributed by atoms with E-state index in [1.54, 1.807) is 0 Å². The van der Waals surface area contributed by atoms with E-state index in [-0.39, 0.29) is 24.5 Å². The molecule has 1 aliphatic carbocycles. The van der Waals surface area contributed by atoms with Crippen molar-refractivity contribution in [3.8, 4) is 0 Å². The molecule has 76 valence electrons. The van der Waals surface area contributed by atoms with Gasteiger partial charge in [-0.1, -0.05) is 0 Å². The number of aliphatic hydroxyl groups excluding tert-OH is 1. The molecule has 1 heterocycles. The average Bonchev–Trinajstić information content (AvgIpc) is 2.76. The number of aliphatic hydroxyl groups is 2. The van der Waals surface area contributed by atoms with Crippen LogP contribution >= 0.6 is 0 Å². The first-order chi connectivity index (χ1) is 5.93. The van der Waals surface area contributed by atoms with Gasteiger partial charge in [-0.05, 0) is 19.3 Å². The molecule has 1 unspecified atom stereocenters. The number of hydrogen-bond donors (Lipinski definition) is 2. The molecule has 1 aliphatic heterocycles. The minimum atomic E-state index is -3.07. The van der Waals surface area contributed by atoms with Gasteiger partial charge in [0.1, 0.15) is 0 Å². The molecule has 0 aromatic carbocycles. The van der Waals surface area contributed by atoms with Crippen LogP contribution in [0.25, 0.3) is 0 Å². The molecule has 0 aromatic heterocycles. The summed E-state index contributed by atoms with van der Waals surface area (Å²) in [4.78, 5) is 0. The largest absolute Gasteiger partial charge is 0.396 e. The Kier molecular flexibility index (Phi) is 1.78. The number of hydrogen-bond acceptors (Lipinski definition) is 4. The number of rotatable bonds is 2. The Morgan fingerprint density at radius 3 is 2.15 bits per heavy atom. The molecule has 4 nitrogen and oxygen atoms in total. The summed E-state index contributed by atoms with van der Waals surface area (Å²) in [6.07, 6.45) is 1.78. The van der Waals surface area contributed by atoms with E-state index in [0.717, 1.165) is 12.8 Å². The molecular formula is C8H14O4S. The van der Waals surface area contributed by atoms with Gasteiger partial charge >= 0.3 is 0 Å². The van der Waals surface area contributed by atoms with Crippen molar-refractivity contribution in [1.29, 1.82) is 0 Å². The van der Waals surface area contributed by atoms with Crippen LogP contribution in [0.5, 0.6) is 0 Å². The second kappa shape index (κ2) is 2.46. The smallest absolute Gasteiger partial charge is 0.153 e. The van der Waals surface area contributed by atoms with E-state index in [4.69, 9.17) is 5.11 Å². The summed E-state index contributed by atoms with van der Waals surface area (Å²) >= 11 is 0. The Hall–Kier alpha value is -0.130. The molecule has 0 radical (unpaired) electrons. The van der Waals surface area contributed by atoms with Gasteiger partial charge in [0, 0.05) is 5.41 Å². The molecule has 13 heavy (non-hydrogen) atoms. The lowest BCUT2D eigenvalue weighted by molar-refractivity contribution is -0.0337. The van der Waals surface area contributed by atoms with E-state index in [9.17, 15) is 13.5 Å². The summed E-state index contributed by atoms with van der Waals surface area (Å²) in [5, 5.41) is 19.2. The van der Waals surface area contributed by atoms with Crippen molar-refractivity contribution in [2.45, 2.75) is 24.9 Å². The van der Waals surface area contributed by atoms with E-state index in [1.165, 1.54) is 0 Å². The van der Waals surface area contributed by atoms with Crippen LogP contribution in [-0.2, 0) is 9.84 Å². The van der Waals surface area contributed by atoms with Crippen molar-refractivity contribution in [2.75, 3.05) is 18.1 Å². The molecule has 1 atom stereocenters. The molecule has 5 heteroatoms. The van der Waals surface area contributed by atoms with Gasteiger partial charge in [-0.3, -0.25) is 0 Å². The third-order valence-corrected chi connectivity index (χ3v) is 5.17. The minimum absolute atomic E-state index is 0.0608. The third-order valence-electron chi connectivity index (χ3n) is 3.43. The highest BCUT2D eigenvalue weighted by atomic mass is 32.2. The Balaban J connectivity index is 2.24. The van der Waals surface area contributed by atoms with Crippen molar-refractivity contribution >= 4 is 9.84 Å². The predicted octanol–water partition coefficient (Wildman–Crippen LogP) is -0.692. The molecule has 2 rings (SSSR count). The molecule has 0 amide bonds. The van der Waals surface area contributed by atoms with E-state index < -0.39 is 20.9 Å². The van der Waals surface area contributed by atoms with Crippen molar-refractivity contribution in [1.82, 2.24) is 0 Å². The summed E-state index contributed by atoms with van der Waals surface area (Å²) in [7, 11) is -3.07. The SMILES string of the molecule is O=S1(=O)CCC(O)(C2(CO)CC2)C1. The zero-order chi connectivity index (χ0) is 9.74. The van der Waals surface area contributed by atoms with Crippen LogP contribution in [0.3, 0.4) is 0 Å². The maximum Gasteiger partial charge on any atom is 0.153 e. The van der Waals surface area contributed by atoms with Crippen LogP contribution in [0.15, 0.2) is 0 Å². The van der Waals surface area contributed by atoms with Gasteiger partial charge in [-0.25, -0.2) is 8.42 Å². The van der Waals surface area contributed by atoms with Crippen LogP contribution in [-0.4, -0.2) is 42.3 Å². The third kappa shape index (κ3) is 1.30. The van der Waals surface area contributed by atoms with Gasteiger partial charge in [-0.2, -0.15) is 0 Å². The normalized spacial score (nSPS) is 40.5. The van der Waals surface area contributed by atoms with Gasteiger partial charge in [0.15, 0.2) is 9.84 Å². The van der Waals surface area contributed by atoms with Gasteiger partial charge in [0.05, 0.1) is 23.7 Å². The first kappa shape index (κ1) is 9.43. The summed E-state index contributed by atoms with van der Waals surface area (Å²) in [6, 6.07) is 0. The zero-order valence-electron chi connectivity index (χ0n) is 7.36. The highest BCUT2D eigenvalue weighted by Crippen LogP contribution is 2.57. The number of sulfone groups is 1. The van der Waals surface area contributed by atoms with Crippen molar-refractivity contribution < 1.29 is 18.6 Å². The van der Waals surface area contributed by atoms with Crippen LogP contribution in [0.1, 0.15) is 19.3 Å². The maximum atomic E-state index is 11.2. The van der Waals surface area contributed by atoms with Gasteiger partial charge < -0.3 is 10.2 Å². The fourth-order valence-corrected chi connectivity index (χ4v) is 4.14. The quantitative estimate of drug-likeness (QED) is 0.627. The molecule has 1 saturated carbocycles. The molecule has 2 fully saturated rings. The highest BCUT2D eigenvalue weighted by Gasteiger charge is 2.62. The molecule has 2 aliphatic rings. The van der Waals surface area contributed by atoms with E-state index in [0.29, 0.717) is 0 Å². The first-order valence-electron chi connectivity index (χ1n) is 4.47. The zero-order valence-corrected chi connectivity index (χ0v) is 8.18. The molecule has 0 spiro atoms. The van der Waals surface area contributed by atoms with Crippen LogP contribution in [0.4, 0.5) is 0 Å². The fourth-order valence-electron chi connectivity index (χ4n) is 2.17. The summed E-state index contributed by atoms with van der Waals surface area (Å²) in [5.41, 5.74) is -1.66. The predicted molar refractivity (Wildman–Crippen MR) is 47.0 cm³/mol. The van der Waals surface area contributed by atoms with Crippen LogP contribution < -0.4 is 0 Å². The summed E-state index contributed by atoms with van der Waals surface area (Å²) in [5.74, 6) is -0.105. The second-order valence-electron chi connectivity index (χ2n) is 4.31. The topological polar surface area (TPSA) is 74.6 Å². The van der Waals surface area contributed by atoms with E-state index in [1.807, 2.05) is 0 Å². The van der Waals surface area contributed by atoms with Gasteiger partial charge in [0.25, 0.3) is 0 Å². The molecule has 1 saturated heterocycles. The Labute approximate surface area is 77.5 Å². The standard InChI is InChI=1S/C8H14O4S/c9-5-7(1-2-7)8(10)3-4-13(11,12)6-8/h9-10H,1-6H2. The van der Waals surface area contributed by atoms with Crippen molar-refractivity contribution in [3.05, 3.63) is 0 Å². The monoisotopic (exact) mass is 206 g/mol. The molecular weight excluding hydrogens is 192 g/mol. The maximum absolute atomic E-state index is 11.2. The Morgan fingerprint density at radius 2 is 1.85 bits per heavy atom. The van der Waals surface area contributed by atoms with Crippen LogP contribution in [0.2, 0.25) is 0 Å². The van der Waals surface area contributed by atoms with E-state index in [2.05, 4.69) is 0 Å². The second-order valence-corrected chi connectivity index (χ2v) is 6.50. The van der Waals surface area contributed by atoms with Crippen LogP contribution in [0, 0.1) is 5.41 Å². The Morgan fingerprint density at radius 1 is 1.23 bits per heavy atom. The lowest BCUT2D eigenvalue weighted by Gasteiger charge is -2.29. The van der Waals surface area contributed by atoms with Crippen molar-refractivity contribution in [2.24, 2.45) is 5.41 Å². The van der Waals surface area contributed by atoms with E-state index >= 15 is 0 Å². The minimum Gasteiger partial charge on any atom is -0.396 e.